The number of urea groups is 1. The summed E-state index contributed by atoms with van der Waals surface area (Å²) in [5.74, 6) is -1.57. The number of nitrogens with one attached hydrogen (secondary N) is 2. The fraction of sp³-hybridized carbons (Fsp3) is 0.700. The minimum Gasteiger partial charge on any atom is -0.480 e. The van der Waals surface area contributed by atoms with Crippen LogP contribution in [0.1, 0.15) is 32.6 Å². The van der Waals surface area contributed by atoms with Crippen LogP contribution in [0.3, 0.4) is 0 Å². The molecule has 1 fully saturated rings. The van der Waals surface area contributed by atoms with Crippen LogP contribution in [0.2, 0.25) is 0 Å². The van der Waals surface area contributed by atoms with Crippen LogP contribution in [-0.2, 0) is 9.59 Å². The number of carbonyl (C=O) groups is 3. The molecular weight excluding hydrogens is 226 g/mol. The summed E-state index contributed by atoms with van der Waals surface area (Å²) < 4.78 is 0. The van der Waals surface area contributed by atoms with Crippen LogP contribution in [0, 0.1) is 0 Å². The molecule has 0 aromatic heterocycles. The average molecular weight is 243 g/mol. The molecule has 1 unspecified atom stereocenters. The lowest BCUT2D eigenvalue weighted by Gasteiger charge is -2.27. The summed E-state index contributed by atoms with van der Waals surface area (Å²) in [5.41, 5.74) is 3.70. The second-order valence-corrected chi connectivity index (χ2v) is 4.31. The van der Waals surface area contributed by atoms with Crippen molar-refractivity contribution in [2.45, 2.75) is 44.2 Å². The summed E-state index contributed by atoms with van der Waals surface area (Å²) in [6.07, 6.45) is 2.36. The van der Waals surface area contributed by atoms with E-state index in [9.17, 15) is 14.4 Å². The maximum atomic E-state index is 11.7. The number of primary amides is 1. The lowest BCUT2D eigenvalue weighted by Crippen LogP contribution is -2.57. The van der Waals surface area contributed by atoms with Crippen molar-refractivity contribution in [1.29, 1.82) is 0 Å². The first-order chi connectivity index (χ1) is 7.87. The highest BCUT2D eigenvalue weighted by Crippen LogP contribution is 2.29. The molecule has 7 heteroatoms. The number of hydrogen-bond acceptors (Lipinski definition) is 3. The van der Waals surface area contributed by atoms with E-state index in [-0.39, 0.29) is 0 Å². The Morgan fingerprint density at radius 2 is 1.82 bits per heavy atom. The third-order valence-electron chi connectivity index (χ3n) is 2.98. The predicted octanol–water partition coefficient (Wildman–Crippen LogP) is -0.443. The topological polar surface area (TPSA) is 122 Å². The van der Waals surface area contributed by atoms with Crippen LogP contribution >= 0.6 is 0 Å². The van der Waals surface area contributed by atoms with E-state index in [1.807, 2.05) is 0 Å². The Labute approximate surface area is 98.7 Å². The zero-order chi connectivity index (χ0) is 13.1. The van der Waals surface area contributed by atoms with Crippen molar-refractivity contribution in [2.24, 2.45) is 5.73 Å². The van der Waals surface area contributed by atoms with Gasteiger partial charge in [-0.25, -0.2) is 9.59 Å². The van der Waals surface area contributed by atoms with Gasteiger partial charge in [0.25, 0.3) is 0 Å². The van der Waals surface area contributed by atoms with Crippen LogP contribution in [0.4, 0.5) is 4.79 Å². The van der Waals surface area contributed by atoms with Gasteiger partial charge in [0.2, 0.25) is 5.91 Å². The van der Waals surface area contributed by atoms with Gasteiger partial charge in [0, 0.05) is 0 Å². The predicted molar refractivity (Wildman–Crippen MR) is 59.2 cm³/mol. The summed E-state index contributed by atoms with van der Waals surface area (Å²) in [7, 11) is 0. The SMILES string of the molecule is CC(NC(N)=O)C(=O)NC1(C(=O)O)CCCC1. The molecule has 1 aliphatic rings. The highest BCUT2D eigenvalue weighted by atomic mass is 16.4. The van der Waals surface area contributed by atoms with Gasteiger partial charge in [-0.15, -0.1) is 0 Å². The molecule has 5 N–H and O–H groups in total. The first-order valence-electron chi connectivity index (χ1n) is 5.49. The van der Waals surface area contributed by atoms with E-state index in [2.05, 4.69) is 10.6 Å². The van der Waals surface area contributed by atoms with Crippen LogP contribution in [0.5, 0.6) is 0 Å². The van der Waals surface area contributed by atoms with Crippen molar-refractivity contribution in [3.63, 3.8) is 0 Å². The maximum Gasteiger partial charge on any atom is 0.329 e. The molecule has 0 bridgehead atoms. The van der Waals surface area contributed by atoms with Gasteiger partial charge in [0.05, 0.1) is 0 Å². The highest BCUT2D eigenvalue weighted by molar-refractivity contribution is 5.91. The van der Waals surface area contributed by atoms with Gasteiger partial charge >= 0.3 is 12.0 Å². The van der Waals surface area contributed by atoms with E-state index in [1.165, 1.54) is 6.92 Å². The van der Waals surface area contributed by atoms with E-state index in [1.54, 1.807) is 0 Å². The standard InChI is InChI=1S/C10H17N3O4/c1-6(12-9(11)17)7(14)13-10(8(15)16)4-2-3-5-10/h6H,2-5H2,1H3,(H,13,14)(H,15,16)(H3,11,12,17). The molecule has 0 heterocycles. The molecular formula is C10H17N3O4. The highest BCUT2D eigenvalue weighted by Gasteiger charge is 2.43. The average Bonchev–Trinajstić information content (AvgIpc) is 2.66. The fourth-order valence-electron chi connectivity index (χ4n) is 1.99. The number of carboxylic acids is 1. The molecule has 3 amide bonds. The number of hydrogen-bond donors (Lipinski definition) is 4. The van der Waals surface area contributed by atoms with E-state index in [0.29, 0.717) is 12.8 Å². The lowest BCUT2D eigenvalue weighted by atomic mass is 9.97. The van der Waals surface area contributed by atoms with Crippen molar-refractivity contribution in [1.82, 2.24) is 10.6 Å². The van der Waals surface area contributed by atoms with Crippen LogP contribution < -0.4 is 16.4 Å². The molecule has 96 valence electrons. The lowest BCUT2D eigenvalue weighted by molar-refractivity contribution is -0.147. The Morgan fingerprint density at radius 1 is 1.29 bits per heavy atom. The Balaban J connectivity index is 2.65. The van der Waals surface area contributed by atoms with Crippen molar-refractivity contribution in [3.8, 4) is 0 Å². The first kappa shape index (κ1) is 13.3. The van der Waals surface area contributed by atoms with Gasteiger partial charge in [-0.2, -0.15) is 0 Å². The molecule has 0 aromatic rings. The maximum absolute atomic E-state index is 11.7. The molecule has 0 saturated heterocycles. The van der Waals surface area contributed by atoms with Crippen molar-refractivity contribution < 1.29 is 19.5 Å². The fourth-order valence-corrected chi connectivity index (χ4v) is 1.99. The molecule has 1 rings (SSSR count). The number of nitrogens with two attached hydrogens (primary N) is 1. The summed E-state index contributed by atoms with van der Waals surface area (Å²) in [4.78, 5) is 33.5. The van der Waals surface area contributed by atoms with Gasteiger partial charge in [-0.3, -0.25) is 4.79 Å². The van der Waals surface area contributed by atoms with Gasteiger partial charge < -0.3 is 21.5 Å². The zero-order valence-corrected chi connectivity index (χ0v) is 9.66. The third-order valence-corrected chi connectivity index (χ3v) is 2.98. The Hall–Kier alpha value is -1.79. The third kappa shape index (κ3) is 3.08. The van der Waals surface area contributed by atoms with Gasteiger partial charge in [0.1, 0.15) is 11.6 Å². The Bertz CT molecular complexity index is 336. The van der Waals surface area contributed by atoms with E-state index in [4.69, 9.17) is 10.8 Å². The van der Waals surface area contributed by atoms with E-state index in [0.717, 1.165) is 12.8 Å². The van der Waals surface area contributed by atoms with Crippen molar-refractivity contribution in [2.75, 3.05) is 0 Å². The molecule has 1 atom stereocenters. The van der Waals surface area contributed by atoms with E-state index >= 15 is 0 Å². The van der Waals surface area contributed by atoms with Crippen LogP contribution in [-0.4, -0.2) is 34.6 Å². The van der Waals surface area contributed by atoms with E-state index < -0.39 is 29.5 Å². The molecule has 0 spiro atoms. The summed E-state index contributed by atoms with van der Waals surface area (Å²) in [6.45, 7) is 1.45. The second-order valence-electron chi connectivity index (χ2n) is 4.31. The monoisotopic (exact) mass is 243 g/mol. The molecule has 1 aliphatic carbocycles. The minimum absolute atomic E-state index is 0.414. The van der Waals surface area contributed by atoms with Gasteiger partial charge in [-0.05, 0) is 19.8 Å². The normalized spacial score (nSPS) is 19.4. The summed E-state index contributed by atoms with van der Waals surface area (Å²) in [5, 5.41) is 13.8. The largest absolute Gasteiger partial charge is 0.480 e. The number of carboxylic acid groups (broad SMARTS) is 1. The summed E-state index contributed by atoms with van der Waals surface area (Å²) in [6, 6.07) is -1.66. The quantitative estimate of drug-likeness (QED) is 0.534. The van der Waals surface area contributed by atoms with Crippen molar-refractivity contribution in [3.05, 3.63) is 0 Å². The van der Waals surface area contributed by atoms with Crippen LogP contribution in [0.25, 0.3) is 0 Å². The second kappa shape index (κ2) is 5.03. The smallest absolute Gasteiger partial charge is 0.329 e. The van der Waals surface area contributed by atoms with Gasteiger partial charge in [0.15, 0.2) is 0 Å². The van der Waals surface area contributed by atoms with Gasteiger partial charge in [-0.1, -0.05) is 12.8 Å². The zero-order valence-electron chi connectivity index (χ0n) is 9.66. The minimum atomic E-state index is -1.19. The number of aliphatic carboxylic acids is 1. The molecule has 7 nitrogen and oxygen atoms in total. The Morgan fingerprint density at radius 3 is 2.24 bits per heavy atom. The van der Waals surface area contributed by atoms with Crippen molar-refractivity contribution >= 4 is 17.9 Å². The molecule has 1 saturated carbocycles. The Kier molecular flexibility index (Phi) is 3.93. The van der Waals surface area contributed by atoms with Crippen LogP contribution in [0.15, 0.2) is 0 Å². The molecule has 17 heavy (non-hydrogen) atoms. The molecule has 0 radical (unpaired) electrons. The number of amides is 3. The molecule has 0 aromatic carbocycles. The number of carbonyl (C=O) groups excluding carboxylic acids is 2. The molecule has 0 aliphatic heterocycles. The summed E-state index contributed by atoms with van der Waals surface area (Å²) >= 11 is 0. The first-order valence-corrected chi connectivity index (χ1v) is 5.49. The number of rotatable bonds is 4.